The molecule has 0 saturated carbocycles. The van der Waals surface area contributed by atoms with Crippen LogP contribution in [0.1, 0.15) is 39.3 Å². The molecule has 0 spiro atoms. The van der Waals surface area contributed by atoms with Crippen LogP contribution in [-0.2, 0) is 9.59 Å². The SMILES string of the molecule is C[C@@H](NC(=O)C[NH+](C)CC(=O)NC(C)(C)C)c1ccc2c(c1)OCO2. The van der Waals surface area contributed by atoms with E-state index < -0.39 is 0 Å². The van der Waals surface area contributed by atoms with Crippen molar-refractivity contribution < 1.29 is 24.0 Å². The second-order valence-electron chi connectivity index (χ2n) is 7.51. The lowest BCUT2D eigenvalue weighted by Gasteiger charge is -2.22. The molecule has 7 nitrogen and oxygen atoms in total. The van der Waals surface area contributed by atoms with Gasteiger partial charge in [-0.2, -0.15) is 0 Å². The first-order chi connectivity index (χ1) is 11.6. The minimum Gasteiger partial charge on any atom is -0.454 e. The summed E-state index contributed by atoms with van der Waals surface area (Å²) in [6.45, 7) is 8.41. The summed E-state index contributed by atoms with van der Waals surface area (Å²) in [7, 11) is 1.83. The van der Waals surface area contributed by atoms with Crippen LogP contribution in [0.2, 0.25) is 0 Å². The van der Waals surface area contributed by atoms with E-state index in [0.717, 1.165) is 16.2 Å². The smallest absolute Gasteiger partial charge is 0.275 e. The molecule has 0 fully saturated rings. The van der Waals surface area contributed by atoms with Gasteiger partial charge in [0.05, 0.1) is 13.1 Å². The fraction of sp³-hybridized carbons (Fsp3) is 0.556. The van der Waals surface area contributed by atoms with Crippen molar-refractivity contribution in [2.75, 3.05) is 26.9 Å². The van der Waals surface area contributed by atoms with Crippen LogP contribution in [0, 0.1) is 0 Å². The summed E-state index contributed by atoms with van der Waals surface area (Å²) in [6.07, 6.45) is 0. The van der Waals surface area contributed by atoms with Crippen molar-refractivity contribution in [2.24, 2.45) is 0 Å². The number of likely N-dealkylation sites (N-methyl/N-ethyl adjacent to an activating group) is 1. The maximum absolute atomic E-state index is 12.2. The van der Waals surface area contributed by atoms with Gasteiger partial charge in [0.25, 0.3) is 11.8 Å². The summed E-state index contributed by atoms with van der Waals surface area (Å²) < 4.78 is 10.6. The molecule has 138 valence electrons. The number of rotatable bonds is 6. The molecule has 25 heavy (non-hydrogen) atoms. The number of fused-ring (bicyclic) bond motifs is 1. The van der Waals surface area contributed by atoms with Gasteiger partial charge >= 0.3 is 0 Å². The highest BCUT2D eigenvalue weighted by Gasteiger charge is 2.21. The lowest BCUT2D eigenvalue weighted by atomic mass is 10.1. The molecule has 2 atom stereocenters. The highest BCUT2D eigenvalue weighted by Crippen LogP contribution is 2.34. The number of hydrogen-bond acceptors (Lipinski definition) is 4. The van der Waals surface area contributed by atoms with E-state index in [-0.39, 0.29) is 43.3 Å². The number of nitrogens with one attached hydrogen (secondary N) is 3. The number of carbonyl (C=O) groups is 2. The number of benzene rings is 1. The number of amides is 2. The average molecular weight is 350 g/mol. The molecule has 1 aliphatic heterocycles. The van der Waals surface area contributed by atoms with Gasteiger partial charge in [-0.25, -0.2) is 0 Å². The van der Waals surface area contributed by atoms with Gasteiger partial charge in [-0.3, -0.25) is 9.59 Å². The summed E-state index contributed by atoms with van der Waals surface area (Å²) in [5, 5.41) is 5.85. The van der Waals surface area contributed by atoms with Crippen LogP contribution in [-0.4, -0.2) is 44.3 Å². The Kier molecular flexibility index (Phi) is 5.89. The van der Waals surface area contributed by atoms with Crippen molar-refractivity contribution in [3.8, 4) is 11.5 Å². The number of carbonyl (C=O) groups excluding carboxylic acids is 2. The van der Waals surface area contributed by atoms with Gasteiger partial charge in [-0.05, 0) is 45.4 Å². The standard InChI is InChI=1S/C18H27N3O4/c1-12(13-6-7-14-15(8-13)25-11-24-14)19-16(22)9-21(5)10-17(23)20-18(2,3)4/h6-8,12H,9-11H2,1-5H3,(H,19,22)(H,20,23)/p+1/t12-/m1/s1. The van der Waals surface area contributed by atoms with Crippen molar-refractivity contribution in [3.63, 3.8) is 0 Å². The van der Waals surface area contributed by atoms with E-state index in [1.54, 1.807) is 0 Å². The van der Waals surface area contributed by atoms with Gasteiger partial charge in [-0.15, -0.1) is 0 Å². The normalized spacial score (nSPS) is 15.4. The Morgan fingerprint density at radius 1 is 1.16 bits per heavy atom. The van der Waals surface area contributed by atoms with Gasteiger partial charge in [0.2, 0.25) is 6.79 Å². The maximum atomic E-state index is 12.2. The van der Waals surface area contributed by atoms with Gasteiger partial charge in [0, 0.05) is 5.54 Å². The molecule has 1 heterocycles. The van der Waals surface area contributed by atoms with Crippen molar-refractivity contribution in [1.82, 2.24) is 10.6 Å². The molecule has 0 radical (unpaired) electrons. The molecule has 0 aliphatic carbocycles. The molecular formula is C18H28N3O4+. The molecule has 1 aromatic carbocycles. The summed E-state index contributed by atoms with van der Waals surface area (Å²) in [6, 6.07) is 5.47. The van der Waals surface area contributed by atoms with E-state index >= 15 is 0 Å². The van der Waals surface area contributed by atoms with Crippen molar-refractivity contribution in [1.29, 1.82) is 0 Å². The molecule has 2 amide bonds. The molecule has 0 saturated heterocycles. The minimum absolute atomic E-state index is 0.0679. The monoisotopic (exact) mass is 350 g/mol. The van der Waals surface area contributed by atoms with E-state index in [1.807, 2.05) is 52.9 Å². The van der Waals surface area contributed by atoms with E-state index in [1.165, 1.54) is 0 Å². The zero-order valence-corrected chi connectivity index (χ0v) is 15.6. The van der Waals surface area contributed by atoms with Crippen LogP contribution in [0.5, 0.6) is 11.5 Å². The molecule has 1 aromatic rings. The van der Waals surface area contributed by atoms with Crippen molar-refractivity contribution >= 4 is 11.8 Å². The first kappa shape index (κ1) is 19.1. The molecule has 0 aromatic heterocycles. The highest BCUT2D eigenvalue weighted by molar-refractivity contribution is 5.79. The summed E-state index contributed by atoms with van der Waals surface area (Å²) in [5.41, 5.74) is 0.675. The Balaban J connectivity index is 1.82. The lowest BCUT2D eigenvalue weighted by molar-refractivity contribution is -0.862. The Morgan fingerprint density at radius 3 is 2.48 bits per heavy atom. The van der Waals surface area contributed by atoms with Crippen molar-refractivity contribution in [2.45, 2.75) is 39.3 Å². The largest absolute Gasteiger partial charge is 0.454 e. The Bertz CT molecular complexity index is 640. The Labute approximate surface area is 148 Å². The molecule has 1 aliphatic rings. The van der Waals surface area contributed by atoms with Crippen LogP contribution in [0.25, 0.3) is 0 Å². The maximum Gasteiger partial charge on any atom is 0.275 e. The molecule has 7 heteroatoms. The highest BCUT2D eigenvalue weighted by atomic mass is 16.7. The van der Waals surface area contributed by atoms with Gasteiger partial charge in [-0.1, -0.05) is 6.07 Å². The van der Waals surface area contributed by atoms with Gasteiger partial charge in [0.1, 0.15) is 0 Å². The second-order valence-corrected chi connectivity index (χ2v) is 7.51. The van der Waals surface area contributed by atoms with Crippen molar-refractivity contribution in [3.05, 3.63) is 23.8 Å². The Morgan fingerprint density at radius 2 is 1.80 bits per heavy atom. The number of quaternary nitrogens is 1. The van der Waals surface area contributed by atoms with Crippen LogP contribution >= 0.6 is 0 Å². The first-order valence-corrected chi connectivity index (χ1v) is 8.45. The zero-order valence-electron chi connectivity index (χ0n) is 15.6. The quantitative estimate of drug-likeness (QED) is 0.676. The van der Waals surface area contributed by atoms with E-state index in [0.29, 0.717) is 5.75 Å². The fourth-order valence-corrected chi connectivity index (χ4v) is 2.63. The predicted octanol–water partition coefficient (Wildman–Crippen LogP) is 0.0219. The van der Waals surface area contributed by atoms with E-state index in [4.69, 9.17) is 9.47 Å². The third kappa shape index (κ3) is 5.94. The van der Waals surface area contributed by atoms with E-state index in [2.05, 4.69) is 10.6 Å². The summed E-state index contributed by atoms with van der Waals surface area (Å²) >= 11 is 0. The molecular weight excluding hydrogens is 322 g/mol. The van der Waals surface area contributed by atoms with E-state index in [9.17, 15) is 9.59 Å². The predicted molar refractivity (Wildman–Crippen MR) is 93.6 cm³/mol. The topological polar surface area (TPSA) is 81.1 Å². The minimum atomic E-state index is -0.270. The van der Waals surface area contributed by atoms with Crippen LogP contribution in [0.4, 0.5) is 0 Å². The molecule has 3 N–H and O–H groups in total. The Hall–Kier alpha value is -2.28. The molecule has 2 rings (SSSR count). The van der Waals surface area contributed by atoms with Gasteiger partial charge < -0.3 is 25.0 Å². The third-order valence-corrected chi connectivity index (χ3v) is 3.71. The third-order valence-electron chi connectivity index (χ3n) is 3.71. The molecule has 0 bridgehead atoms. The summed E-state index contributed by atoms with van der Waals surface area (Å²) in [4.78, 5) is 25.0. The molecule has 1 unspecified atom stereocenters. The average Bonchev–Trinajstić information content (AvgIpc) is 2.91. The van der Waals surface area contributed by atoms with Crippen LogP contribution < -0.4 is 25.0 Å². The first-order valence-electron chi connectivity index (χ1n) is 8.45. The second kappa shape index (κ2) is 7.74. The van der Waals surface area contributed by atoms with Crippen LogP contribution in [0.15, 0.2) is 18.2 Å². The van der Waals surface area contributed by atoms with Gasteiger partial charge in [0.15, 0.2) is 24.6 Å². The van der Waals surface area contributed by atoms with Crippen LogP contribution in [0.3, 0.4) is 0 Å². The lowest BCUT2D eigenvalue weighted by Crippen LogP contribution is -3.11. The fourth-order valence-electron chi connectivity index (χ4n) is 2.63. The number of ether oxygens (including phenoxy) is 2. The number of hydrogen-bond donors (Lipinski definition) is 3. The summed E-state index contributed by atoms with van der Waals surface area (Å²) in [5.74, 6) is 1.24. The zero-order chi connectivity index (χ0) is 18.6.